The predicted octanol–water partition coefficient (Wildman–Crippen LogP) is 3.15. The molecule has 0 rings (SSSR count). The molecule has 0 aliphatic heterocycles. The second kappa shape index (κ2) is 8.12. The Bertz CT molecular complexity index is 175. The Labute approximate surface area is 75.7 Å². The van der Waals surface area contributed by atoms with E-state index in [0.29, 0.717) is 0 Å². The van der Waals surface area contributed by atoms with Gasteiger partial charge in [-0.25, -0.2) is 0 Å². The van der Waals surface area contributed by atoms with Crippen molar-refractivity contribution in [2.75, 3.05) is 0 Å². The molecule has 1 nitrogen and oxygen atoms in total. The number of hydrogen-bond donors (Lipinski definition) is 1. The minimum atomic E-state index is 0.863. The normalized spacial score (nSPS) is 13.3. The molecule has 0 aromatic rings. The van der Waals surface area contributed by atoms with Crippen LogP contribution in [0.5, 0.6) is 0 Å². The Hall–Kier alpha value is -0.980. The summed E-state index contributed by atoms with van der Waals surface area (Å²) in [5.74, 6) is 0. The Morgan fingerprint density at radius 1 is 1.08 bits per heavy atom. The first-order valence-electron chi connectivity index (χ1n) is 4.58. The lowest BCUT2D eigenvalue weighted by Crippen LogP contribution is -1.91. The van der Waals surface area contributed by atoms with Crippen LogP contribution < -0.4 is 5.73 Å². The van der Waals surface area contributed by atoms with E-state index in [4.69, 9.17) is 5.73 Å². The summed E-state index contributed by atoms with van der Waals surface area (Å²) >= 11 is 0. The van der Waals surface area contributed by atoms with Crippen LogP contribution in [0.3, 0.4) is 0 Å². The number of rotatable bonds is 5. The average molecular weight is 165 g/mol. The zero-order chi connectivity index (χ0) is 9.23. The first-order valence-corrected chi connectivity index (χ1v) is 4.58. The molecule has 0 fully saturated rings. The summed E-state index contributed by atoms with van der Waals surface area (Å²) in [6.45, 7) is 4.21. The van der Waals surface area contributed by atoms with Crippen LogP contribution in [0.15, 0.2) is 36.1 Å². The van der Waals surface area contributed by atoms with Crippen LogP contribution in [-0.2, 0) is 0 Å². The Kier molecular flexibility index (Phi) is 7.46. The van der Waals surface area contributed by atoms with E-state index in [-0.39, 0.29) is 0 Å². The molecule has 12 heavy (non-hydrogen) atoms. The van der Waals surface area contributed by atoms with Gasteiger partial charge >= 0.3 is 0 Å². The van der Waals surface area contributed by atoms with Gasteiger partial charge in [-0.2, -0.15) is 0 Å². The summed E-state index contributed by atoms with van der Waals surface area (Å²) in [7, 11) is 0. The summed E-state index contributed by atoms with van der Waals surface area (Å²) in [4.78, 5) is 0. The van der Waals surface area contributed by atoms with Crippen molar-refractivity contribution in [2.24, 2.45) is 5.73 Å². The minimum absolute atomic E-state index is 0.863. The van der Waals surface area contributed by atoms with Crippen LogP contribution in [0.1, 0.15) is 33.1 Å². The summed E-state index contributed by atoms with van der Waals surface area (Å²) in [6, 6.07) is 0. The lowest BCUT2D eigenvalue weighted by Gasteiger charge is -1.89. The van der Waals surface area contributed by atoms with Crippen LogP contribution in [0, 0.1) is 0 Å². The maximum Gasteiger partial charge on any atom is 0.0270 e. The van der Waals surface area contributed by atoms with Crippen molar-refractivity contribution in [1.29, 1.82) is 0 Å². The summed E-state index contributed by atoms with van der Waals surface area (Å²) < 4.78 is 0. The molecule has 0 bridgehead atoms. The first-order chi connectivity index (χ1) is 5.81. The molecule has 1 heteroatoms. The van der Waals surface area contributed by atoms with Crippen molar-refractivity contribution in [3.63, 3.8) is 0 Å². The molecule has 0 saturated heterocycles. The van der Waals surface area contributed by atoms with E-state index < -0.39 is 0 Å². The molecule has 0 spiro atoms. The molecule has 0 aromatic heterocycles. The van der Waals surface area contributed by atoms with Crippen LogP contribution in [0.2, 0.25) is 0 Å². The third-order valence-corrected chi connectivity index (χ3v) is 1.42. The van der Waals surface area contributed by atoms with Gasteiger partial charge in [-0.05, 0) is 25.3 Å². The van der Waals surface area contributed by atoms with Gasteiger partial charge in [0.2, 0.25) is 0 Å². The lowest BCUT2D eigenvalue weighted by molar-refractivity contribution is 1.18. The van der Waals surface area contributed by atoms with Crippen LogP contribution >= 0.6 is 0 Å². The van der Waals surface area contributed by atoms with E-state index in [1.807, 2.05) is 12.2 Å². The van der Waals surface area contributed by atoms with Crippen LogP contribution in [0.4, 0.5) is 0 Å². The zero-order valence-corrected chi connectivity index (χ0v) is 8.09. The van der Waals surface area contributed by atoms with Gasteiger partial charge in [0, 0.05) is 5.70 Å². The molecule has 68 valence electrons. The fourth-order valence-corrected chi connectivity index (χ4v) is 0.849. The summed E-state index contributed by atoms with van der Waals surface area (Å²) in [5.41, 5.74) is 6.51. The quantitative estimate of drug-likeness (QED) is 0.491. The lowest BCUT2D eigenvalue weighted by atomic mass is 10.3. The maximum absolute atomic E-state index is 5.65. The second-order valence-corrected chi connectivity index (χ2v) is 2.63. The highest BCUT2D eigenvalue weighted by atomic mass is 14.5. The molecule has 0 atom stereocenters. The monoisotopic (exact) mass is 165 g/mol. The minimum Gasteiger partial charge on any atom is -0.399 e. The van der Waals surface area contributed by atoms with E-state index in [2.05, 4.69) is 32.1 Å². The van der Waals surface area contributed by atoms with Gasteiger partial charge in [0.15, 0.2) is 0 Å². The van der Waals surface area contributed by atoms with Gasteiger partial charge < -0.3 is 5.73 Å². The van der Waals surface area contributed by atoms with Crippen molar-refractivity contribution in [3.8, 4) is 0 Å². The highest BCUT2D eigenvalue weighted by molar-refractivity contribution is 5.15. The predicted molar refractivity (Wildman–Crippen MR) is 55.7 cm³/mol. The molecule has 0 aliphatic carbocycles. The first kappa shape index (κ1) is 11.0. The standard InChI is InChI=1S/C11H19N/c1-3-5-6-7-8-10-11(12)9-4-2/h5-6,8-10H,3-4,7,12H2,1-2H3/b6-5-,10-8-,11-9+. The van der Waals surface area contributed by atoms with Crippen molar-refractivity contribution in [3.05, 3.63) is 36.1 Å². The second-order valence-electron chi connectivity index (χ2n) is 2.63. The molecule has 0 radical (unpaired) electrons. The molecule has 2 N–H and O–H groups in total. The maximum atomic E-state index is 5.65. The molecular formula is C11H19N. The van der Waals surface area contributed by atoms with E-state index in [9.17, 15) is 0 Å². The number of allylic oxidation sites excluding steroid dienone is 5. The van der Waals surface area contributed by atoms with Gasteiger partial charge in [-0.1, -0.05) is 38.2 Å². The zero-order valence-electron chi connectivity index (χ0n) is 8.09. The topological polar surface area (TPSA) is 26.0 Å². The molecule has 0 amide bonds. The third kappa shape index (κ3) is 7.13. The Morgan fingerprint density at radius 2 is 1.83 bits per heavy atom. The molecule has 0 aliphatic rings. The highest BCUT2D eigenvalue weighted by Crippen LogP contribution is 1.93. The van der Waals surface area contributed by atoms with Crippen LogP contribution in [0.25, 0.3) is 0 Å². The molecule has 0 heterocycles. The third-order valence-electron chi connectivity index (χ3n) is 1.42. The van der Waals surface area contributed by atoms with Crippen molar-refractivity contribution in [1.82, 2.24) is 0 Å². The van der Waals surface area contributed by atoms with Gasteiger partial charge in [0.05, 0.1) is 0 Å². The summed E-state index contributed by atoms with van der Waals surface area (Å²) in [5, 5.41) is 0. The van der Waals surface area contributed by atoms with Gasteiger partial charge in [-0.3, -0.25) is 0 Å². The fourth-order valence-electron chi connectivity index (χ4n) is 0.849. The van der Waals surface area contributed by atoms with Gasteiger partial charge in [-0.15, -0.1) is 0 Å². The van der Waals surface area contributed by atoms with Crippen LogP contribution in [-0.4, -0.2) is 0 Å². The smallest absolute Gasteiger partial charge is 0.0270 e. The molecule has 0 unspecified atom stereocenters. The largest absolute Gasteiger partial charge is 0.399 e. The van der Waals surface area contributed by atoms with E-state index >= 15 is 0 Å². The highest BCUT2D eigenvalue weighted by Gasteiger charge is 1.77. The molecule has 0 saturated carbocycles. The average Bonchev–Trinajstić information content (AvgIpc) is 2.05. The van der Waals surface area contributed by atoms with E-state index in [1.54, 1.807) is 0 Å². The summed E-state index contributed by atoms with van der Waals surface area (Å²) in [6.07, 6.45) is 13.4. The van der Waals surface area contributed by atoms with Gasteiger partial charge in [0.25, 0.3) is 0 Å². The van der Waals surface area contributed by atoms with E-state index in [0.717, 1.165) is 25.0 Å². The number of nitrogens with two attached hydrogens (primary N) is 1. The molecule has 0 aromatic carbocycles. The van der Waals surface area contributed by atoms with Gasteiger partial charge in [0.1, 0.15) is 0 Å². The Morgan fingerprint density at radius 3 is 2.42 bits per heavy atom. The fraction of sp³-hybridized carbons (Fsp3) is 0.455. The molecular weight excluding hydrogens is 146 g/mol. The number of hydrogen-bond acceptors (Lipinski definition) is 1. The van der Waals surface area contributed by atoms with Crippen molar-refractivity contribution in [2.45, 2.75) is 33.1 Å². The SMILES string of the molecule is CC/C=C\C/C=C\C(N)=C/CC. The Balaban J connectivity index is 3.61. The van der Waals surface area contributed by atoms with Crippen molar-refractivity contribution < 1.29 is 0 Å². The van der Waals surface area contributed by atoms with E-state index in [1.165, 1.54) is 0 Å². The van der Waals surface area contributed by atoms with Crippen molar-refractivity contribution >= 4 is 0 Å².